The van der Waals surface area contributed by atoms with E-state index in [9.17, 15) is 0 Å². The molecule has 0 aliphatic heterocycles. The van der Waals surface area contributed by atoms with Crippen LogP contribution in [-0.4, -0.2) is 16.1 Å². The van der Waals surface area contributed by atoms with Crippen LogP contribution in [0.3, 0.4) is 0 Å². The van der Waals surface area contributed by atoms with Crippen molar-refractivity contribution in [2.45, 2.75) is 27.3 Å². The quantitative estimate of drug-likeness (QED) is 0.877. The van der Waals surface area contributed by atoms with Crippen molar-refractivity contribution < 1.29 is 0 Å². The maximum atomic E-state index is 4.65. The van der Waals surface area contributed by atoms with Gasteiger partial charge in [0.1, 0.15) is 5.82 Å². The summed E-state index contributed by atoms with van der Waals surface area (Å²) in [4.78, 5) is 4.65. The van der Waals surface area contributed by atoms with Crippen molar-refractivity contribution >= 4 is 11.0 Å². The average molecular weight is 245 g/mol. The monoisotopic (exact) mass is 245 g/mol. The molecule has 0 aliphatic carbocycles. The molecular formula is C15H23N3. The van der Waals surface area contributed by atoms with Gasteiger partial charge in [0.15, 0.2) is 0 Å². The van der Waals surface area contributed by atoms with Gasteiger partial charge in [0.05, 0.1) is 17.6 Å². The lowest BCUT2D eigenvalue weighted by Gasteiger charge is -2.15. The van der Waals surface area contributed by atoms with E-state index >= 15 is 0 Å². The molecule has 0 spiro atoms. The van der Waals surface area contributed by atoms with Crippen molar-refractivity contribution in [1.29, 1.82) is 0 Å². The molecule has 1 atom stereocenters. The Kier molecular flexibility index (Phi) is 4.02. The second-order valence-electron chi connectivity index (χ2n) is 5.43. The predicted octanol–water partition coefficient (Wildman–Crippen LogP) is 2.96. The Morgan fingerprint density at radius 2 is 1.94 bits per heavy atom. The van der Waals surface area contributed by atoms with Gasteiger partial charge < -0.3 is 9.88 Å². The zero-order valence-electron chi connectivity index (χ0n) is 11.8. The second kappa shape index (κ2) is 5.53. The summed E-state index contributed by atoms with van der Waals surface area (Å²) < 4.78 is 2.17. The van der Waals surface area contributed by atoms with Gasteiger partial charge in [-0.15, -0.1) is 0 Å². The maximum Gasteiger partial charge on any atom is 0.123 e. The molecule has 0 aliphatic rings. The number of fused-ring (bicyclic) bond motifs is 1. The van der Waals surface area contributed by atoms with Gasteiger partial charge in [-0.1, -0.05) is 32.9 Å². The van der Waals surface area contributed by atoms with Gasteiger partial charge in [0.25, 0.3) is 0 Å². The van der Waals surface area contributed by atoms with E-state index in [0.717, 1.165) is 30.3 Å². The Morgan fingerprint density at radius 3 is 2.61 bits per heavy atom. The van der Waals surface area contributed by atoms with Crippen molar-refractivity contribution in [3.8, 4) is 0 Å². The van der Waals surface area contributed by atoms with Gasteiger partial charge in [-0.2, -0.15) is 0 Å². The minimum atomic E-state index is 0.694. The number of imidazole rings is 1. The van der Waals surface area contributed by atoms with Crippen LogP contribution in [0.2, 0.25) is 0 Å². The summed E-state index contributed by atoms with van der Waals surface area (Å²) in [5.74, 6) is 2.52. The number of hydrogen-bond acceptors (Lipinski definition) is 2. The summed E-state index contributed by atoms with van der Waals surface area (Å²) in [5, 5.41) is 3.50. The normalized spacial score (nSPS) is 13.4. The Balaban J connectivity index is 2.02. The lowest BCUT2D eigenvalue weighted by Crippen LogP contribution is -2.25. The highest BCUT2D eigenvalue weighted by molar-refractivity contribution is 5.75. The van der Waals surface area contributed by atoms with E-state index < -0.39 is 0 Å². The smallest absolute Gasteiger partial charge is 0.123 e. The van der Waals surface area contributed by atoms with Crippen LogP contribution in [0.4, 0.5) is 0 Å². The summed E-state index contributed by atoms with van der Waals surface area (Å²) in [7, 11) is 2.08. The van der Waals surface area contributed by atoms with Gasteiger partial charge in [-0.3, -0.25) is 0 Å². The first kappa shape index (κ1) is 13.1. The standard InChI is InChI=1S/C15H23N3/c1-11(2)12(3)9-16-10-15-17-13-7-5-6-8-14(13)18(15)4/h5-8,11-12,16H,9-10H2,1-4H3. The molecule has 18 heavy (non-hydrogen) atoms. The van der Waals surface area contributed by atoms with E-state index in [1.54, 1.807) is 0 Å². The van der Waals surface area contributed by atoms with Crippen LogP contribution in [-0.2, 0) is 13.6 Å². The Bertz CT molecular complexity index is 513. The third kappa shape index (κ3) is 2.72. The lowest BCUT2D eigenvalue weighted by molar-refractivity contribution is 0.390. The minimum absolute atomic E-state index is 0.694. The molecule has 98 valence electrons. The molecule has 0 saturated carbocycles. The molecule has 2 aromatic rings. The number of hydrogen-bond donors (Lipinski definition) is 1. The number of aryl methyl sites for hydroxylation is 1. The van der Waals surface area contributed by atoms with Crippen LogP contribution in [0.15, 0.2) is 24.3 Å². The molecule has 0 bridgehead atoms. The number of rotatable bonds is 5. The fourth-order valence-electron chi connectivity index (χ4n) is 2.00. The first-order chi connectivity index (χ1) is 8.59. The molecule has 1 aromatic heterocycles. The van der Waals surface area contributed by atoms with E-state index in [0.29, 0.717) is 5.92 Å². The highest BCUT2D eigenvalue weighted by atomic mass is 15.1. The number of aromatic nitrogens is 2. The lowest BCUT2D eigenvalue weighted by atomic mass is 9.98. The van der Waals surface area contributed by atoms with E-state index in [2.05, 4.69) is 60.9 Å². The molecule has 2 rings (SSSR count). The summed E-state index contributed by atoms with van der Waals surface area (Å²) >= 11 is 0. The molecule has 0 fully saturated rings. The van der Waals surface area contributed by atoms with Gasteiger partial charge in [0, 0.05) is 7.05 Å². The minimum Gasteiger partial charge on any atom is -0.330 e. The van der Waals surface area contributed by atoms with Crippen LogP contribution in [0.25, 0.3) is 11.0 Å². The third-order valence-electron chi connectivity index (χ3n) is 3.77. The van der Waals surface area contributed by atoms with Crippen molar-refractivity contribution in [3.63, 3.8) is 0 Å². The van der Waals surface area contributed by atoms with Crippen LogP contribution in [0, 0.1) is 11.8 Å². The van der Waals surface area contributed by atoms with Crippen molar-refractivity contribution in [1.82, 2.24) is 14.9 Å². The fourth-order valence-corrected chi connectivity index (χ4v) is 2.00. The van der Waals surface area contributed by atoms with Crippen LogP contribution >= 0.6 is 0 Å². The molecule has 0 saturated heterocycles. The van der Waals surface area contributed by atoms with Crippen molar-refractivity contribution in [3.05, 3.63) is 30.1 Å². The fraction of sp³-hybridized carbons (Fsp3) is 0.533. The molecule has 0 amide bonds. The second-order valence-corrected chi connectivity index (χ2v) is 5.43. The van der Waals surface area contributed by atoms with Gasteiger partial charge >= 0.3 is 0 Å². The van der Waals surface area contributed by atoms with Gasteiger partial charge in [-0.05, 0) is 30.5 Å². The molecule has 1 aromatic carbocycles. The molecule has 1 heterocycles. The summed E-state index contributed by atoms with van der Waals surface area (Å²) in [6.07, 6.45) is 0. The van der Waals surface area contributed by atoms with Gasteiger partial charge in [-0.25, -0.2) is 4.98 Å². The van der Waals surface area contributed by atoms with Crippen LogP contribution in [0.1, 0.15) is 26.6 Å². The summed E-state index contributed by atoms with van der Waals surface area (Å²) in [6.45, 7) is 8.69. The highest BCUT2D eigenvalue weighted by Gasteiger charge is 2.09. The zero-order chi connectivity index (χ0) is 13.1. The SMILES string of the molecule is CC(C)C(C)CNCc1nc2ccccc2n1C. The molecular weight excluding hydrogens is 222 g/mol. The average Bonchev–Trinajstić information content (AvgIpc) is 2.67. The number of nitrogens with zero attached hydrogens (tertiary/aromatic N) is 2. The van der Waals surface area contributed by atoms with E-state index in [1.165, 1.54) is 5.52 Å². The number of benzene rings is 1. The van der Waals surface area contributed by atoms with Crippen molar-refractivity contribution in [2.75, 3.05) is 6.54 Å². The Hall–Kier alpha value is -1.35. The molecule has 3 heteroatoms. The number of para-hydroxylation sites is 2. The Morgan fingerprint density at radius 1 is 1.22 bits per heavy atom. The molecule has 3 nitrogen and oxygen atoms in total. The first-order valence-corrected chi connectivity index (χ1v) is 6.70. The molecule has 0 radical (unpaired) electrons. The highest BCUT2D eigenvalue weighted by Crippen LogP contribution is 2.14. The summed E-state index contributed by atoms with van der Waals surface area (Å²) in [6, 6.07) is 8.27. The molecule has 1 unspecified atom stereocenters. The van der Waals surface area contributed by atoms with E-state index in [-0.39, 0.29) is 0 Å². The van der Waals surface area contributed by atoms with E-state index in [1.807, 2.05) is 6.07 Å². The third-order valence-corrected chi connectivity index (χ3v) is 3.77. The largest absolute Gasteiger partial charge is 0.330 e. The van der Waals surface area contributed by atoms with Gasteiger partial charge in [0.2, 0.25) is 0 Å². The predicted molar refractivity (Wildman–Crippen MR) is 76.4 cm³/mol. The Labute approximate surface area is 109 Å². The number of nitrogens with one attached hydrogen (secondary N) is 1. The van der Waals surface area contributed by atoms with E-state index in [4.69, 9.17) is 0 Å². The molecule has 1 N–H and O–H groups in total. The van der Waals surface area contributed by atoms with Crippen LogP contribution in [0.5, 0.6) is 0 Å². The van der Waals surface area contributed by atoms with Crippen molar-refractivity contribution in [2.24, 2.45) is 18.9 Å². The summed E-state index contributed by atoms with van der Waals surface area (Å²) in [5.41, 5.74) is 2.28. The van der Waals surface area contributed by atoms with Crippen LogP contribution < -0.4 is 5.32 Å². The maximum absolute atomic E-state index is 4.65. The zero-order valence-corrected chi connectivity index (χ0v) is 11.8. The first-order valence-electron chi connectivity index (χ1n) is 6.70. The topological polar surface area (TPSA) is 29.9 Å².